The molecule has 2 aliphatic rings. The third kappa shape index (κ3) is 2.34. The smallest absolute Gasteiger partial charge is 0.335 e. The number of Topliss-reactive ketones (excluding diaryl/α,β-unsaturated/α-hetero) is 1. The van der Waals surface area contributed by atoms with Gasteiger partial charge in [0.15, 0.2) is 5.78 Å². The fraction of sp³-hybridized carbons (Fsp3) is 0.333. The number of methoxy groups -OCH3 is 1. The predicted molar refractivity (Wildman–Crippen MR) is 83.1 cm³/mol. The van der Waals surface area contributed by atoms with E-state index >= 15 is 0 Å². The molecule has 0 amide bonds. The number of ketones is 1. The normalized spacial score (nSPS) is 27.2. The van der Waals surface area contributed by atoms with Gasteiger partial charge in [0.1, 0.15) is 0 Å². The Morgan fingerprint density at radius 2 is 2.00 bits per heavy atom. The number of ether oxygens (including phenoxy) is 1. The van der Waals surface area contributed by atoms with E-state index in [4.69, 9.17) is 4.74 Å². The second-order valence-corrected chi connectivity index (χ2v) is 5.74. The highest BCUT2D eigenvalue weighted by Gasteiger charge is 2.43. The topological polar surface area (TPSA) is 46.6 Å². The number of nitrogens with zero attached hydrogens (tertiary/aromatic N) is 1. The first-order chi connectivity index (χ1) is 10.6. The Hall–Kier alpha value is -2.36. The van der Waals surface area contributed by atoms with E-state index in [1.165, 1.54) is 7.11 Å². The van der Waals surface area contributed by atoms with E-state index in [0.29, 0.717) is 12.0 Å². The van der Waals surface area contributed by atoms with Crippen molar-refractivity contribution in [1.29, 1.82) is 0 Å². The predicted octanol–water partition coefficient (Wildman–Crippen LogP) is 2.29. The molecule has 0 radical (unpaired) electrons. The van der Waals surface area contributed by atoms with Crippen molar-refractivity contribution in [1.82, 2.24) is 4.90 Å². The summed E-state index contributed by atoms with van der Waals surface area (Å²) < 4.78 is 4.82. The number of rotatable bonds is 2. The van der Waals surface area contributed by atoms with Crippen LogP contribution in [0.25, 0.3) is 0 Å². The maximum absolute atomic E-state index is 12.9. The minimum atomic E-state index is -0.421. The molecular formula is C18H19NO3. The van der Waals surface area contributed by atoms with E-state index in [1.54, 1.807) is 6.20 Å². The summed E-state index contributed by atoms with van der Waals surface area (Å²) in [5.74, 6) is -0.739. The lowest BCUT2D eigenvalue weighted by Crippen LogP contribution is -2.47. The molecule has 0 unspecified atom stereocenters. The average molecular weight is 297 g/mol. The van der Waals surface area contributed by atoms with Gasteiger partial charge in [0.25, 0.3) is 0 Å². The van der Waals surface area contributed by atoms with Gasteiger partial charge in [-0.05, 0) is 12.0 Å². The van der Waals surface area contributed by atoms with E-state index in [-0.39, 0.29) is 17.7 Å². The number of likely N-dealkylation sites (N-methyl/N-ethyl adjacent to an activating group) is 1. The summed E-state index contributed by atoms with van der Waals surface area (Å²) in [6.45, 7) is 0. The third-order valence-electron chi connectivity index (χ3n) is 4.45. The molecule has 1 aromatic rings. The fourth-order valence-corrected chi connectivity index (χ4v) is 3.37. The standard InChI is InChI=1S/C18H19NO3/c1-19-11-15(18(21)22-2)14-10-6-9-13(16(19)17(14)20)12-7-4-3-5-8-12/h3-9,11,13-14,16H,10H2,1-2H3/t13-,14+,16+/m0/s1. The van der Waals surface area contributed by atoms with Crippen LogP contribution in [0.4, 0.5) is 0 Å². The molecule has 1 aromatic carbocycles. The number of carbonyl (C=O) groups excluding carboxylic acids is 2. The van der Waals surface area contributed by atoms with Crippen molar-refractivity contribution in [2.24, 2.45) is 5.92 Å². The van der Waals surface area contributed by atoms with Crippen LogP contribution < -0.4 is 0 Å². The number of esters is 1. The van der Waals surface area contributed by atoms with Crippen molar-refractivity contribution in [2.45, 2.75) is 18.4 Å². The quantitative estimate of drug-likeness (QED) is 0.621. The zero-order valence-corrected chi connectivity index (χ0v) is 12.7. The molecule has 0 saturated heterocycles. The molecule has 0 aromatic heterocycles. The Balaban J connectivity index is 2.03. The van der Waals surface area contributed by atoms with Crippen LogP contribution >= 0.6 is 0 Å². The second kappa shape index (κ2) is 5.79. The highest BCUT2D eigenvalue weighted by atomic mass is 16.5. The highest BCUT2D eigenvalue weighted by molar-refractivity contribution is 6.01. The molecule has 4 nitrogen and oxygen atoms in total. The molecule has 3 rings (SSSR count). The van der Waals surface area contributed by atoms with Crippen LogP contribution in [-0.2, 0) is 14.3 Å². The summed E-state index contributed by atoms with van der Waals surface area (Å²) in [5.41, 5.74) is 1.56. The lowest BCUT2D eigenvalue weighted by atomic mass is 9.80. The zero-order valence-electron chi connectivity index (χ0n) is 12.7. The van der Waals surface area contributed by atoms with Gasteiger partial charge in [0, 0.05) is 19.2 Å². The second-order valence-electron chi connectivity index (χ2n) is 5.74. The van der Waals surface area contributed by atoms with Crippen LogP contribution in [0.3, 0.4) is 0 Å². The Bertz CT molecular complexity index is 648. The molecule has 114 valence electrons. The lowest BCUT2D eigenvalue weighted by molar-refractivity contribution is -0.139. The highest BCUT2D eigenvalue weighted by Crippen LogP contribution is 2.37. The van der Waals surface area contributed by atoms with Crippen LogP contribution in [0.15, 0.2) is 54.3 Å². The zero-order chi connectivity index (χ0) is 15.7. The van der Waals surface area contributed by atoms with Gasteiger partial charge in [-0.1, -0.05) is 42.5 Å². The minimum Gasteiger partial charge on any atom is -0.466 e. The average Bonchev–Trinajstić information content (AvgIpc) is 2.66. The van der Waals surface area contributed by atoms with Gasteiger partial charge in [0.05, 0.1) is 24.6 Å². The van der Waals surface area contributed by atoms with Crippen LogP contribution in [-0.4, -0.2) is 36.9 Å². The molecular weight excluding hydrogens is 278 g/mol. The minimum absolute atomic E-state index is 0.000790. The van der Waals surface area contributed by atoms with Crippen LogP contribution in [0.5, 0.6) is 0 Å². The van der Waals surface area contributed by atoms with Crippen molar-refractivity contribution in [3.63, 3.8) is 0 Å². The number of fused-ring (bicyclic) bond motifs is 2. The van der Waals surface area contributed by atoms with Crippen molar-refractivity contribution in [2.75, 3.05) is 14.2 Å². The van der Waals surface area contributed by atoms with Crippen molar-refractivity contribution < 1.29 is 14.3 Å². The SMILES string of the molecule is COC(=O)C1=CN(C)[C@H]2C(=O)[C@@H]1CC=C[C@H]2c1ccccc1. The summed E-state index contributed by atoms with van der Waals surface area (Å²) in [7, 11) is 3.19. The molecule has 22 heavy (non-hydrogen) atoms. The van der Waals surface area contributed by atoms with E-state index in [1.807, 2.05) is 48.4 Å². The summed E-state index contributed by atoms with van der Waals surface area (Å²) >= 11 is 0. The van der Waals surface area contributed by atoms with Crippen LogP contribution in [0.1, 0.15) is 17.9 Å². The molecule has 0 spiro atoms. The van der Waals surface area contributed by atoms with Crippen LogP contribution in [0.2, 0.25) is 0 Å². The third-order valence-corrected chi connectivity index (χ3v) is 4.45. The Labute approximate surface area is 130 Å². The summed E-state index contributed by atoms with van der Waals surface area (Å²) in [4.78, 5) is 26.7. The van der Waals surface area contributed by atoms with Crippen LogP contribution in [0, 0.1) is 5.92 Å². The van der Waals surface area contributed by atoms with E-state index in [2.05, 4.69) is 6.08 Å². The first-order valence-electron chi connectivity index (χ1n) is 7.40. The monoisotopic (exact) mass is 297 g/mol. The van der Waals surface area contributed by atoms with E-state index in [0.717, 1.165) is 5.56 Å². The summed E-state index contributed by atoms with van der Waals surface area (Å²) in [6, 6.07) is 9.73. The van der Waals surface area contributed by atoms with Gasteiger partial charge in [-0.2, -0.15) is 0 Å². The summed E-state index contributed by atoms with van der Waals surface area (Å²) in [6.07, 6.45) is 6.41. The van der Waals surface area contributed by atoms with E-state index < -0.39 is 11.9 Å². The van der Waals surface area contributed by atoms with Crippen molar-refractivity contribution in [3.8, 4) is 0 Å². The molecule has 0 N–H and O–H groups in total. The van der Waals surface area contributed by atoms with Gasteiger partial charge in [-0.15, -0.1) is 0 Å². The molecule has 1 aliphatic heterocycles. The van der Waals surface area contributed by atoms with Gasteiger partial charge >= 0.3 is 5.97 Å². The van der Waals surface area contributed by atoms with Gasteiger partial charge in [-0.25, -0.2) is 4.79 Å². The molecule has 1 aliphatic carbocycles. The van der Waals surface area contributed by atoms with Crippen molar-refractivity contribution >= 4 is 11.8 Å². The Kier molecular flexibility index (Phi) is 3.84. The molecule has 1 heterocycles. The summed E-state index contributed by atoms with van der Waals surface area (Å²) in [5, 5.41) is 0. The van der Waals surface area contributed by atoms with Gasteiger partial charge in [0.2, 0.25) is 0 Å². The number of carbonyl (C=O) groups is 2. The number of benzene rings is 1. The molecule has 4 heteroatoms. The molecule has 2 bridgehead atoms. The first kappa shape index (κ1) is 14.6. The first-order valence-corrected chi connectivity index (χ1v) is 7.40. The van der Waals surface area contributed by atoms with Gasteiger partial charge in [-0.3, -0.25) is 4.79 Å². The maximum atomic E-state index is 12.9. The molecule has 3 atom stereocenters. The lowest BCUT2D eigenvalue weighted by Gasteiger charge is -2.37. The number of hydrogen-bond acceptors (Lipinski definition) is 4. The van der Waals surface area contributed by atoms with Gasteiger partial charge < -0.3 is 9.64 Å². The largest absolute Gasteiger partial charge is 0.466 e. The number of hydrogen-bond donors (Lipinski definition) is 0. The molecule has 0 saturated carbocycles. The maximum Gasteiger partial charge on any atom is 0.335 e. The Morgan fingerprint density at radius 1 is 1.27 bits per heavy atom. The molecule has 0 fully saturated rings. The van der Waals surface area contributed by atoms with Crippen molar-refractivity contribution in [3.05, 3.63) is 59.8 Å². The Morgan fingerprint density at radius 3 is 2.68 bits per heavy atom. The van der Waals surface area contributed by atoms with E-state index in [9.17, 15) is 9.59 Å². The number of allylic oxidation sites excluding steroid dienone is 1. The fourth-order valence-electron chi connectivity index (χ4n) is 3.37.